The highest BCUT2D eigenvalue weighted by atomic mass is 35.5. The van der Waals surface area contributed by atoms with E-state index in [2.05, 4.69) is 0 Å². The van der Waals surface area contributed by atoms with Gasteiger partial charge in [0, 0.05) is 17.1 Å². The number of benzene rings is 1. The van der Waals surface area contributed by atoms with Crippen LogP contribution in [0.1, 0.15) is 19.3 Å². The Balaban J connectivity index is 2.51. The first-order chi connectivity index (χ1) is 9.40. The standard InChI is InChI=1S/C13H14Cl2O4S/c14-10-5-4-9(6-11(10)15)20-7-8(13(18)19)2-1-3-12(16)17/h4-6,8H,1-3,7H2,(H,16,17)(H,18,19). The lowest BCUT2D eigenvalue weighted by molar-refractivity contribution is -0.142. The van der Waals surface area contributed by atoms with Crippen LogP contribution in [0, 0.1) is 5.92 Å². The third kappa shape index (κ3) is 6.03. The first kappa shape index (κ1) is 17.1. The third-order valence-corrected chi connectivity index (χ3v) is 4.53. The number of hydrogen-bond donors (Lipinski definition) is 2. The molecular formula is C13H14Cl2O4S. The highest BCUT2D eigenvalue weighted by Gasteiger charge is 2.18. The van der Waals surface area contributed by atoms with E-state index in [1.54, 1.807) is 18.2 Å². The van der Waals surface area contributed by atoms with E-state index in [0.29, 0.717) is 28.6 Å². The third-order valence-electron chi connectivity index (χ3n) is 2.63. The van der Waals surface area contributed by atoms with Crippen molar-refractivity contribution in [1.29, 1.82) is 0 Å². The van der Waals surface area contributed by atoms with Crippen LogP contribution < -0.4 is 0 Å². The van der Waals surface area contributed by atoms with Gasteiger partial charge in [0.1, 0.15) is 0 Å². The largest absolute Gasteiger partial charge is 0.481 e. The molecule has 110 valence electrons. The van der Waals surface area contributed by atoms with Gasteiger partial charge in [0.25, 0.3) is 0 Å². The van der Waals surface area contributed by atoms with Gasteiger partial charge in [-0.1, -0.05) is 23.2 Å². The van der Waals surface area contributed by atoms with Gasteiger partial charge in [-0.2, -0.15) is 0 Å². The van der Waals surface area contributed by atoms with Gasteiger partial charge < -0.3 is 10.2 Å². The Morgan fingerprint density at radius 3 is 2.45 bits per heavy atom. The van der Waals surface area contributed by atoms with Gasteiger partial charge in [-0.3, -0.25) is 9.59 Å². The molecule has 1 atom stereocenters. The number of carboxylic acid groups (broad SMARTS) is 2. The molecule has 1 aromatic rings. The molecule has 0 aliphatic heterocycles. The number of carbonyl (C=O) groups is 2. The quantitative estimate of drug-likeness (QED) is 0.700. The van der Waals surface area contributed by atoms with Crippen molar-refractivity contribution >= 4 is 46.9 Å². The molecule has 0 saturated carbocycles. The van der Waals surface area contributed by atoms with E-state index in [0.717, 1.165) is 4.90 Å². The SMILES string of the molecule is O=C(O)CCCC(CSc1ccc(Cl)c(Cl)c1)C(=O)O. The van der Waals surface area contributed by atoms with E-state index in [1.807, 2.05) is 0 Å². The van der Waals surface area contributed by atoms with Crippen LogP contribution in [0.3, 0.4) is 0 Å². The van der Waals surface area contributed by atoms with E-state index >= 15 is 0 Å². The molecule has 0 amide bonds. The molecule has 1 rings (SSSR count). The van der Waals surface area contributed by atoms with E-state index in [1.165, 1.54) is 11.8 Å². The molecule has 1 unspecified atom stereocenters. The summed E-state index contributed by atoms with van der Waals surface area (Å²) in [7, 11) is 0. The molecule has 2 N–H and O–H groups in total. The minimum absolute atomic E-state index is 0.0127. The molecule has 0 aliphatic carbocycles. The fourth-order valence-corrected chi connectivity index (χ4v) is 2.97. The topological polar surface area (TPSA) is 74.6 Å². The Morgan fingerprint density at radius 2 is 1.90 bits per heavy atom. The molecule has 20 heavy (non-hydrogen) atoms. The zero-order chi connectivity index (χ0) is 15.1. The Labute approximate surface area is 131 Å². The summed E-state index contributed by atoms with van der Waals surface area (Å²) in [6.07, 6.45) is 0.686. The monoisotopic (exact) mass is 336 g/mol. The number of rotatable bonds is 8. The normalized spacial score (nSPS) is 12.1. The van der Waals surface area contributed by atoms with Crippen LogP contribution in [0.5, 0.6) is 0 Å². The van der Waals surface area contributed by atoms with E-state index in [-0.39, 0.29) is 6.42 Å². The summed E-state index contributed by atoms with van der Waals surface area (Å²) < 4.78 is 0. The van der Waals surface area contributed by atoms with Crippen LogP contribution in [0.15, 0.2) is 23.1 Å². The van der Waals surface area contributed by atoms with Crippen molar-refractivity contribution in [3.8, 4) is 0 Å². The Hall–Kier alpha value is -0.910. The zero-order valence-electron chi connectivity index (χ0n) is 10.5. The summed E-state index contributed by atoms with van der Waals surface area (Å²) in [5, 5.41) is 18.5. The minimum Gasteiger partial charge on any atom is -0.481 e. The van der Waals surface area contributed by atoms with E-state index in [4.69, 9.17) is 33.4 Å². The maximum absolute atomic E-state index is 11.1. The molecule has 0 aromatic heterocycles. The summed E-state index contributed by atoms with van der Waals surface area (Å²) in [5.74, 6) is -2.03. The first-order valence-electron chi connectivity index (χ1n) is 5.92. The highest BCUT2D eigenvalue weighted by Crippen LogP contribution is 2.29. The van der Waals surface area contributed by atoms with Crippen molar-refractivity contribution < 1.29 is 19.8 Å². The second-order valence-electron chi connectivity index (χ2n) is 4.21. The first-order valence-corrected chi connectivity index (χ1v) is 7.66. The van der Waals surface area contributed by atoms with Crippen LogP contribution in [0.25, 0.3) is 0 Å². The van der Waals surface area contributed by atoms with Crippen molar-refractivity contribution in [2.45, 2.75) is 24.2 Å². The van der Waals surface area contributed by atoms with Gasteiger partial charge >= 0.3 is 11.9 Å². The number of hydrogen-bond acceptors (Lipinski definition) is 3. The minimum atomic E-state index is -0.914. The smallest absolute Gasteiger partial charge is 0.307 e. The molecule has 0 spiro atoms. The Morgan fingerprint density at radius 1 is 1.20 bits per heavy atom. The molecule has 0 bridgehead atoms. The Bertz CT molecular complexity index is 493. The van der Waals surface area contributed by atoms with Gasteiger partial charge in [0.2, 0.25) is 0 Å². The maximum atomic E-state index is 11.1. The fourth-order valence-electron chi connectivity index (χ4n) is 1.54. The van der Waals surface area contributed by atoms with Crippen LogP contribution >= 0.6 is 35.0 Å². The molecule has 7 heteroatoms. The van der Waals surface area contributed by atoms with E-state index < -0.39 is 17.9 Å². The second kappa shape index (κ2) is 8.39. The van der Waals surface area contributed by atoms with Gasteiger partial charge in [0.05, 0.1) is 16.0 Å². The lowest BCUT2D eigenvalue weighted by Crippen LogP contribution is -2.16. The van der Waals surface area contributed by atoms with Crippen LogP contribution in [-0.2, 0) is 9.59 Å². The van der Waals surface area contributed by atoms with Crippen molar-refractivity contribution in [2.75, 3.05) is 5.75 Å². The summed E-state index contributed by atoms with van der Waals surface area (Å²) in [6.45, 7) is 0. The summed E-state index contributed by atoms with van der Waals surface area (Å²) >= 11 is 13.1. The molecule has 0 heterocycles. The molecule has 0 fully saturated rings. The zero-order valence-corrected chi connectivity index (χ0v) is 12.8. The Kier molecular flexibility index (Phi) is 7.19. The van der Waals surface area contributed by atoms with Gasteiger partial charge in [0.15, 0.2) is 0 Å². The van der Waals surface area contributed by atoms with Gasteiger partial charge in [-0.15, -0.1) is 11.8 Å². The summed E-state index contributed by atoms with van der Waals surface area (Å²) in [6, 6.07) is 5.12. The average Bonchev–Trinajstić information content (AvgIpc) is 2.36. The van der Waals surface area contributed by atoms with Crippen LogP contribution in [0.2, 0.25) is 10.0 Å². The van der Waals surface area contributed by atoms with E-state index in [9.17, 15) is 9.59 Å². The summed E-state index contributed by atoms with van der Waals surface area (Å²) in [5.41, 5.74) is 0. The number of carboxylic acids is 2. The fraction of sp³-hybridized carbons (Fsp3) is 0.385. The molecule has 4 nitrogen and oxygen atoms in total. The average molecular weight is 337 g/mol. The predicted molar refractivity (Wildman–Crippen MR) is 79.8 cm³/mol. The maximum Gasteiger partial charge on any atom is 0.307 e. The van der Waals surface area contributed by atoms with Crippen molar-refractivity contribution in [3.05, 3.63) is 28.2 Å². The van der Waals surface area contributed by atoms with Gasteiger partial charge in [-0.25, -0.2) is 0 Å². The number of thioether (sulfide) groups is 1. The number of halogens is 2. The second-order valence-corrected chi connectivity index (χ2v) is 6.12. The number of aliphatic carboxylic acids is 2. The van der Waals surface area contributed by atoms with Crippen LogP contribution in [0.4, 0.5) is 0 Å². The highest BCUT2D eigenvalue weighted by molar-refractivity contribution is 7.99. The summed E-state index contributed by atoms with van der Waals surface area (Å²) in [4.78, 5) is 22.4. The van der Waals surface area contributed by atoms with Crippen molar-refractivity contribution in [1.82, 2.24) is 0 Å². The van der Waals surface area contributed by atoms with Crippen molar-refractivity contribution in [3.63, 3.8) is 0 Å². The lowest BCUT2D eigenvalue weighted by atomic mass is 10.0. The molecule has 1 aromatic carbocycles. The van der Waals surface area contributed by atoms with Gasteiger partial charge in [-0.05, 0) is 31.0 Å². The lowest BCUT2D eigenvalue weighted by Gasteiger charge is -2.11. The van der Waals surface area contributed by atoms with Crippen LogP contribution in [-0.4, -0.2) is 27.9 Å². The molecule has 0 aliphatic rings. The van der Waals surface area contributed by atoms with Crippen molar-refractivity contribution in [2.24, 2.45) is 5.92 Å². The molecule has 0 saturated heterocycles. The molecular weight excluding hydrogens is 323 g/mol. The molecule has 0 radical (unpaired) electrons. The predicted octanol–water partition coefficient (Wildman–Crippen LogP) is 4.04.